The van der Waals surface area contributed by atoms with Crippen molar-refractivity contribution in [1.82, 2.24) is 0 Å². The number of hydrogen-bond acceptors (Lipinski definition) is 2. The van der Waals surface area contributed by atoms with Crippen LogP contribution >= 0.6 is 0 Å². The lowest BCUT2D eigenvalue weighted by Gasteiger charge is -2.06. The van der Waals surface area contributed by atoms with Crippen molar-refractivity contribution in [2.24, 2.45) is 0 Å². The first kappa shape index (κ1) is 12.6. The fourth-order valence-electron chi connectivity index (χ4n) is 1.88. The van der Waals surface area contributed by atoms with Crippen LogP contribution in [0.4, 0.5) is 0 Å². The summed E-state index contributed by atoms with van der Waals surface area (Å²) in [5.74, 6) is 1.76. The molecule has 0 spiro atoms. The normalized spacial score (nSPS) is 10.9. The maximum absolute atomic E-state index is 12.0. The molecule has 0 radical (unpaired) electrons. The predicted octanol–water partition coefficient (Wildman–Crippen LogP) is 4.14. The smallest absolute Gasteiger partial charge is 0.202 e. The average Bonchev–Trinajstić information content (AvgIpc) is 2.76. The van der Waals surface area contributed by atoms with E-state index in [2.05, 4.69) is 26.0 Å². The van der Waals surface area contributed by atoms with Crippen molar-refractivity contribution in [2.75, 3.05) is 0 Å². The summed E-state index contributed by atoms with van der Waals surface area (Å²) >= 11 is 0. The number of ketones is 1. The second-order valence-corrected chi connectivity index (χ2v) is 4.91. The van der Waals surface area contributed by atoms with Gasteiger partial charge >= 0.3 is 0 Å². The van der Waals surface area contributed by atoms with Crippen LogP contribution in [0.2, 0.25) is 0 Å². The molecule has 0 saturated carbocycles. The van der Waals surface area contributed by atoms with Crippen molar-refractivity contribution in [3.63, 3.8) is 0 Å². The molecule has 18 heavy (non-hydrogen) atoms. The van der Waals surface area contributed by atoms with E-state index in [1.165, 1.54) is 5.56 Å². The van der Waals surface area contributed by atoms with Gasteiger partial charge in [-0.05, 0) is 36.1 Å². The summed E-state index contributed by atoms with van der Waals surface area (Å²) in [5.41, 5.74) is 2.32. The molecule has 1 aromatic carbocycles. The number of hydrogen-bond donors (Lipinski definition) is 0. The number of aryl methyl sites for hydroxylation is 1. The molecule has 0 aliphatic rings. The zero-order chi connectivity index (χ0) is 13.1. The van der Waals surface area contributed by atoms with Gasteiger partial charge < -0.3 is 4.42 Å². The van der Waals surface area contributed by atoms with Crippen LogP contribution in [0.3, 0.4) is 0 Å². The number of furan rings is 1. The molecule has 0 N–H and O–H groups in total. The first-order valence-corrected chi connectivity index (χ1v) is 6.24. The minimum atomic E-state index is 0.0281. The van der Waals surface area contributed by atoms with E-state index in [0.29, 0.717) is 18.1 Å². The summed E-state index contributed by atoms with van der Waals surface area (Å²) in [4.78, 5) is 12.0. The van der Waals surface area contributed by atoms with Crippen LogP contribution < -0.4 is 0 Å². The summed E-state index contributed by atoms with van der Waals surface area (Å²) in [7, 11) is 0. The summed E-state index contributed by atoms with van der Waals surface area (Å²) in [6.45, 7) is 6.16. The lowest BCUT2D eigenvalue weighted by atomic mass is 10.00. The molecule has 0 atom stereocenters. The van der Waals surface area contributed by atoms with E-state index in [0.717, 1.165) is 11.3 Å². The van der Waals surface area contributed by atoms with Gasteiger partial charge in [0.1, 0.15) is 5.76 Å². The van der Waals surface area contributed by atoms with Gasteiger partial charge in [-0.15, -0.1) is 0 Å². The van der Waals surface area contributed by atoms with Crippen molar-refractivity contribution in [3.8, 4) is 0 Å². The Morgan fingerprint density at radius 1 is 1.11 bits per heavy atom. The molecular weight excluding hydrogens is 224 g/mol. The summed E-state index contributed by atoms with van der Waals surface area (Å²) in [5, 5.41) is 0. The first-order chi connectivity index (χ1) is 8.56. The number of carbonyl (C=O) groups excluding carboxylic acids is 1. The number of Topliss-reactive ketones (excluding diaryl/α,β-unsaturated/α-hetero) is 1. The molecule has 0 bridgehead atoms. The fourth-order valence-corrected chi connectivity index (χ4v) is 1.88. The Bertz CT molecular complexity index is 532. The molecular formula is C16H18O2. The quantitative estimate of drug-likeness (QED) is 0.754. The molecule has 0 amide bonds. The third kappa shape index (κ3) is 2.89. The van der Waals surface area contributed by atoms with Crippen molar-refractivity contribution < 1.29 is 9.21 Å². The topological polar surface area (TPSA) is 30.2 Å². The lowest BCUT2D eigenvalue weighted by molar-refractivity contribution is 0.0965. The van der Waals surface area contributed by atoms with Crippen LogP contribution in [0.25, 0.3) is 0 Å². The van der Waals surface area contributed by atoms with Crippen LogP contribution in [-0.2, 0) is 6.42 Å². The van der Waals surface area contributed by atoms with Gasteiger partial charge in [-0.2, -0.15) is 0 Å². The largest absolute Gasteiger partial charge is 0.458 e. The Morgan fingerprint density at radius 2 is 1.78 bits per heavy atom. The van der Waals surface area contributed by atoms with Crippen LogP contribution in [-0.4, -0.2) is 5.78 Å². The second kappa shape index (κ2) is 5.21. The number of rotatable bonds is 4. The van der Waals surface area contributed by atoms with Gasteiger partial charge in [0.05, 0.1) is 0 Å². The van der Waals surface area contributed by atoms with E-state index >= 15 is 0 Å². The van der Waals surface area contributed by atoms with Crippen LogP contribution in [0.1, 0.15) is 47.2 Å². The Hall–Kier alpha value is -1.83. The highest BCUT2D eigenvalue weighted by molar-refractivity contribution is 5.95. The SMILES string of the molecule is Cc1ccc(C(=O)Cc2ccc(C(C)C)cc2)o1. The molecule has 0 unspecified atom stereocenters. The maximum atomic E-state index is 12.0. The summed E-state index contributed by atoms with van der Waals surface area (Å²) in [6.07, 6.45) is 0.394. The molecule has 2 nitrogen and oxygen atoms in total. The summed E-state index contributed by atoms with van der Waals surface area (Å²) in [6, 6.07) is 11.8. The Kier molecular flexibility index (Phi) is 3.66. The highest BCUT2D eigenvalue weighted by Gasteiger charge is 2.11. The third-order valence-corrected chi connectivity index (χ3v) is 3.03. The molecule has 0 aliphatic carbocycles. The average molecular weight is 242 g/mol. The molecule has 0 fully saturated rings. The predicted molar refractivity (Wildman–Crippen MR) is 72.0 cm³/mol. The standard InChI is InChI=1S/C16H18O2/c1-11(2)14-7-5-13(6-8-14)10-15(17)16-9-4-12(3)18-16/h4-9,11H,10H2,1-3H3. The van der Waals surface area contributed by atoms with E-state index in [1.54, 1.807) is 6.07 Å². The molecule has 2 heteroatoms. The molecule has 1 heterocycles. The fraction of sp³-hybridized carbons (Fsp3) is 0.312. The highest BCUT2D eigenvalue weighted by Crippen LogP contribution is 2.16. The van der Waals surface area contributed by atoms with E-state index < -0.39 is 0 Å². The minimum absolute atomic E-state index is 0.0281. The van der Waals surface area contributed by atoms with E-state index in [1.807, 2.05) is 25.1 Å². The molecule has 1 aromatic heterocycles. The van der Waals surface area contributed by atoms with Crippen LogP contribution in [0, 0.1) is 6.92 Å². The van der Waals surface area contributed by atoms with Crippen molar-refractivity contribution in [1.29, 1.82) is 0 Å². The molecule has 94 valence electrons. The van der Waals surface area contributed by atoms with Crippen LogP contribution in [0.15, 0.2) is 40.8 Å². The van der Waals surface area contributed by atoms with Gasteiger partial charge in [0, 0.05) is 6.42 Å². The minimum Gasteiger partial charge on any atom is -0.458 e. The van der Waals surface area contributed by atoms with Gasteiger partial charge in [-0.3, -0.25) is 4.79 Å². The van der Waals surface area contributed by atoms with Gasteiger partial charge in [0.15, 0.2) is 5.76 Å². The van der Waals surface area contributed by atoms with E-state index in [9.17, 15) is 4.79 Å². The van der Waals surface area contributed by atoms with Crippen molar-refractivity contribution >= 4 is 5.78 Å². The van der Waals surface area contributed by atoms with E-state index in [4.69, 9.17) is 4.42 Å². The van der Waals surface area contributed by atoms with Crippen molar-refractivity contribution in [2.45, 2.75) is 33.1 Å². The maximum Gasteiger partial charge on any atom is 0.202 e. The molecule has 0 saturated heterocycles. The molecule has 0 aliphatic heterocycles. The summed E-state index contributed by atoms with van der Waals surface area (Å²) < 4.78 is 5.33. The third-order valence-electron chi connectivity index (χ3n) is 3.03. The van der Waals surface area contributed by atoms with Gasteiger partial charge in [0.2, 0.25) is 5.78 Å². The van der Waals surface area contributed by atoms with Gasteiger partial charge in [-0.25, -0.2) is 0 Å². The van der Waals surface area contributed by atoms with Crippen molar-refractivity contribution in [3.05, 3.63) is 59.0 Å². The monoisotopic (exact) mass is 242 g/mol. The van der Waals surface area contributed by atoms with Crippen LogP contribution in [0.5, 0.6) is 0 Å². The van der Waals surface area contributed by atoms with Gasteiger partial charge in [-0.1, -0.05) is 38.1 Å². The lowest BCUT2D eigenvalue weighted by Crippen LogP contribution is -2.02. The number of carbonyl (C=O) groups is 1. The van der Waals surface area contributed by atoms with E-state index in [-0.39, 0.29) is 5.78 Å². The molecule has 2 aromatic rings. The zero-order valence-electron chi connectivity index (χ0n) is 11.1. The second-order valence-electron chi connectivity index (χ2n) is 4.91. The van der Waals surface area contributed by atoms with Gasteiger partial charge in [0.25, 0.3) is 0 Å². The first-order valence-electron chi connectivity index (χ1n) is 6.24. The number of benzene rings is 1. The molecule has 2 rings (SSSR count). The zero-order valence-corrected chi connectivity index (χ0v) is 11.1. The Labute approximate surface area is 108 Å². The highest BCUT2D eigenvalue weighted by atomic mass is 16.3. The Balaban J connectivity index is 2.07. The Morgan fingerprint density at radius 3 is 2.28 bits per heavy atom.